The highest BCUT2D eigenvalue weighted by Crippen LogP contribution is 2.16. The van der Waals surface area contributed by atoms with Gasteiger partial charge in [-0.2, -0.15) is 0 Å². The minimum Gasteiger partial charge on any atom is -0.492 e. The Morgan fingerprint density at radius 1 is 1.43 bits per heavy atom. The SMILES string of the molecule is CN(CCOc1ccc(Br)cc1)C(=O)CCC1CCNC1. The van der Waals surface area contributed by atoms with E-state index < -0.39 is 0 Å². The standard InChI is InChI=1S/C16H23BrN2O2/c1-19(16(20)7-2-13-8-9-18-12-13)10-11-21-15-5-3-14(17)4-6-15/h3-6,13,18H,2,7-12H2,1H3. The van der Waals surface area contributed by atoms with Crippen molar-refractivity contribution in [3.05, 3.63) is 28.7 Å². The van der Waals surface area contributed by atoms with Gasteiger partial charge in [0.05, 0.1) is 6.54 Å². The summed E-state index contributed by atoms with van der Waals surface area (Å²) in [7, 11) is 1.85. The zero-order chi connectivity index (χ0) is 15.1. The summed E-state index contributed by atoms with van der Waals surface area (Å²) in [6.45, 7) is 3.30. The third-order valence-corrected chi connectivity index (χ3v) is 4.39. The molecular formula is C16H23BrN2O2. The molecule has 0 spiro atoms. The largest absolute Gasteiger partial charge is 0.492 e. The van der Waals surface area contributed by atoms with E-state index in [2.05, 4.69) is 21.2 Å². The van der Waals surface area contributed by atoms with Crippen molar-refractivity contribution >= 4 is 21.8 Å². The first kappa shape index (κ1) is 16.3. The molecule has 0 saturated carbocycles. The van der Waals surface area contributed by atoms with Crippen molar-refractivity contribution in [3.8, 4) is 5.75 Å². The summed E-state index contributed by atoms with van der Waals surface area (Å²) in [6, 6.07) is 7.72. The van der Waals surface area contributed by atoms with Crippen molar-refractivity contribution in [2.75, 3.05) is 33.3 Å². The van der Waals surface area contributed by atoms with E-state index in [-0.39, 0.29) is 5.91 Å². The summed E-state index contributed by atoms with van der Waals surface area (Å²) in [5.74, 6) is 1.71. The summed E-state index contributed by atoms with van der Waals surface area (Å²) < 4.78 is 6.67. The number of carbonyl (C=O) groups excluding carboxylic acids is 1. The van der Waals surface area contributed by atoms with E-state index in [1.807, 2.05) is 31.3 Å². The summed E-state index contributed by atoms with van der Waals surface area (Å²) in [6.07, 6.45) is 2.83. The van der Waals surface area contributed by atoms with E-state index in [1.165, 1.54) is 6.42 Å². The number of hydrogen-bond donors (Lipinski definition) is 1. The van der Waals surface area contributed by atoms with Crippen molar-refractivity contribution in [2.45, 2.75) is 19.3 Å². The molecule has 1 N–H and O–H groups in total. The Bertz CT molecular complexity index is 444. The van der Waals surface area contributed by atoms with Gasteiger partial charge < -0.3 is 15.0 Å². The van der Waals surface area contributed by atoms with Crippen LogP contribution < -0.4 is 10.1 Å². The van der Waals surface area contributed by atoms with Gasteiger partial charge in [-0.05, 0) is 56.1 Å². The van der Waals surface area contributed by atoms with E-state index in [0.29, 0.717) is 25.5 Å². The number of halogens is 1. The van der Waals surface area contributed by atoms with Gasteiger partial charge in [0.25, 0.3) is 0 Å². The molecule has 21 heavy (non-hydrogen) atoms. The first-order chi connectivity index (χ1) is 10.1. The molecule has 0 aliphatic carbocycles. The van der Waals surface area contributed by atoms with Gasteiger partial charge in [0.1, 0.15) is 12.4 Å². The van der Waals surface area contributed by atoms with Crippen LogP contribution in [-0.4, -0.2) is 44.1 Å². The molecule has 4 nitrogen and oxygen atoms in total. The minimum atomic E-state index is 0.210. The Morgan fingerprint density at radius 3 is 2.86 bits per heavy atom. The van der Waals surface area contributed by atoms with Crippen LogP contribution in [0, 0.1) is 5.92 Å². The fourth-order valence-electron chi connectivity index (χ4n) is 2.44. The number of ether oxygens (including phenoxy) is 1. The topological polar surface area (TPSA) is 41.6 Å². The van der Waals surface area contributed by atoms with Crippen LogP contribution in [0.5, 0.6) is 5.75 Å². The number of benzene rings is 1. The molecule has 1 atom stereocenters. The Kier molecular flexibility index (Phi) is 6.51. The summed E-state index contributed by atoms with van der Waals surface area (Å²) >= 11 is 3.39. The Morgan fingerprint density at radius 2 is 2.19 bits per heavy atom. The van der Waals surface area contributed by atoms with E-state index in [0.717, 1.165) is 29.7 Å². The number of hydrogen-bond acceptors (Lipinski definition) is 3. The zero-order valence-corrected chi connectivity index (χ0v) is 14.1. The van der Waals surface area contributed by atoms with Crippen LogP contribution in [0.3, 0.4) is 0 Å². The van der Waals surface area contributed by atoms with Crippen LogP contribution in [0.15, 0.2) is 28.7 Å². The van der Waals surface area contributed by atoms with E-state index in [1.54, 1.807) is 4.90 Å². The minimum absolute atomic E-state index is 0.210. The average molecular weight is 355 g/mol. The first-order valence-corrected chi connectivity index (χ1v) is 8.27. The van der Waals surface area contributed by atoms with Crippen LogP contribution >= 0.6 is 15.9 Å². The summed E-state index contributed by atoms with van der Waals surface area (Å²) in [5, 5.41) is 3.33. The quantitative estimate of drug-likeness (QED) is 0.818. The van der Waals surface area contributed by atoms with Gasteiger partial charge in [-0.3, -0.25) is 4.79 Å². The van der Waals surface area contributed by atoms with Crippen molar-refractivity contribution in [2.24, 2.45) is 5.92 Å². The maximum atomic E-state index is 12.0. The normalized spacial score (nSPS) is 17.7. The Labute approximate surface area is 135 Å². The number of carbonyl (C=O) groups is 1. The average Bonchev–Trinajstić information content (AvgIpc) is 3.00. The Hall–Kier alpha value is -1.07. The highest BCUT2D eigenvalue weighted by molar-refractivity contribution is 9.10. The highest BCUT2D eigenvalue weighted by Gasteiger charge is 2.17. The molecule has 0 bridgehead atoms. The van der Waals surface area contributed by atoms with Gasteiger partial charge in [0.2, 0.25) is 5.91 Å². The Balaban J connectivity index is 1.62. The molecule has 2 rings (SSSR count). The smallest absolute Gasteiger partial charge is 0.222 e. The second kappa shape index (κ2) is 8.39. The predicted octanol–water partition coefficient (Wildman–Crippen LogP) is 2.68. The van der Waals surface area contributed by atoms with Crippen LogP contribution in [0.2, 0.25) is 0 Å². The lowest BCUT2D eigenvalue weighted by atomic mass is 10.0. The van der Waals surface area contributed by atoms with Gasteiger partial charge in [-0.15, -0.1) is 0 Å². The lowest BCUT2D eigenvalue weighted by Gasteiger charge is -2.18. The number of likely N-dealkylation sites (N-methyl/N-ethyl adjacent to an activating group) is 1. The second-order valence-corrected chi connectivity index (χ2v) is 6.43. The van der Waals surface area contributed by atoms with Crippen molar-refractivity contribution in [3.63, 3.8) is 0 Å². The number of nitrogens with zero attached hydrogens (tertiary/aromatic N) is 1. The molecule has 1 aliphatic heterocycles. The van der Waals surface area contributed by atoms with E-state index >= 15 is 0 Å². The summed E-state index contributed by atoms with van der Waals surface area (Å²) in [5.41, 5.74) is 0. The molecule has 0 radical (unpaired) electrons. The van der Waals surface area contributed by atoms with Crippen molar-refractivity contribution in [1.82, 2.24) is 10.2 Å². The fraction of sp³-hybridized carbons (Fsp3) is 0.562. The number of rotatable bonds is 7. The highest BCUT2D eigenvalue weighted by atomic mass is 79.9. The van der Waals surface area contributed by atoms with Crippen LogP contribution in [-0.2, 0) is 4.79 Å². The maximum absolute atomic E-state index is 12.0. The van der Waals surface area contributed by atoms with Gasteiger partial charge in [-0.1, -0.05) is 15.9 Å². The zero-order valence-electron chi connectivity index (χ0n) is 12.5. The van der Waals surface area contributed by atoms with Gasteiger partial charge in [0, 0.05) is 17.9 Å². The van der Waals surface area contributed by atoms with Crippen LogP contribution in [0.25, 0.3) is 0 Å². The molecule has 1 aliphatic rings. The third-order valence-electron chi connectivity index (χ3n) is 3.86. The molecule has 1 saturated heterocycles. The van der Waals surface area contributed by atoms with Crippen LogP contribution in [0.1, 0.15) is 19.3 Å². The first-order valence-electron chi connectivity index (χ1n) is 7.48. The van der Waals surface area contributed by atoms with Crippen LogP contribution in [0.4, 0.5) is 0 Å². The fourth-order valence-corrected chi connectivity index (χ4v) is 2.70. The van der Waals surface area contributed by atoms with Crippen molar-refractivity contribution in [1.29, 1.82) is 0 Å². The number of amides is 1. The van der Waals surface area contributed by atoms with Crippen molar-refractivity contribution < 1.29 is 9.53 Å². The number of nitrogens with one attached hydrogen (secondary N) is 1. The van der Waals surface area contributed by atoms with Gasteiger partial charge >= 0.3 is 0 Å². The van der Waals surface area contributed by atoms with E-state index in [4.69, 9.17) is 4.74 Å². The molecule has 1 amide bonds. The molecular weight excluding hydrogens is 332 g/mol. The summed E-state index contributed by atoms with van der Waals surface area (Å²) in [4.78, 5) is 13.8. The third kappa shape index (κ3) is 5.67. The molecule has 1 aromatic rings. The monoisotopic (exact) mass is 354 g/mol. The second-order valence-electron chi connectivity index (χ2n) is 5.52. The predicted molar refractivity (Wildman–Crippen MR) is 87.5 cm³/mol. The maximum Gasteiger partial charge on any atom is 0.222 e. The van der Waals surface area contributed by atoms with Gasteiger partial charge in [-0.25, -0.2) is 0 Å². The lowest BCUT2D eigenvalue weighted by Crippen LogP contribution is -2.31. The molecule has 1 fully saturated rings. The molecule has 0 aromatic heterocycles. The molecule has 1 heterocycles. The molecule has 5 heteroatoms. The lowest BCUT2D eigenvalue weighted by molar-refractivity contribution is -0.130. The van der Waals surface area contributed by atoms with E-state index in [9.17, 15) is 4.79 Å². The molecule has 116 valence electrons. The van der Waals surface area contributed by atoms with Gasteiger partial charge in [0.15, 0.2) is 0 Å². The molecule has 1 unspecified atom stereocenters. The molecule has 1 aromatic carbocycles.